The number of anilines is 1. The lowest BCUT2D eigenvalue weighted by Crippen LogP contribution is -2.33. The molecule has 0 spiro atoms. The maximum absolute atomic E-state index is 12.0. The van der Waals surface area contributed by atoms with E-state index < -0.39 is 0 Å². The van der Waals surface area contributed by atoms with E-state index in [4.69, 9.17) is 4.74 Å². The monoisotopic (exact) mass is 258 g/mol. The first-order chi connectivity index (χ1) is 9.33. The Kier molecular flexibility index (Phi) is 2.60. The molecule has 1 aromatic rings. The van der Waals surface area contributed by atoms with Crippen LogP contribution in [0, 0.1) is 0 Å². The Hall–Kier alpha value is -1.39. The van der Waals surface area contributed by atoms with Crippen molar-refractivity contribution < 1.29 is 9.53 Å². The van der Waals surface area contributed by atoms with Crippen LogP contribution >= 0.6 is 0 Å². The van der Waals surface area contributed by atoms with Crippen molar-refractivity contribution in [1.29, 1.82) is 0 Å². The zero-order valence-electron chi connectivity index (χ0n) is 10.9. The molecule has 1 aromatic carbocycles. The second-order valence-corrected chi connectivity index (χ2v) is 5.58. The van der Waals surface area contributed by atoms with E-state index in [0.717, 1.165) is 39.1 Å². The van der Waals surface area contributed by atoms with Gasteiger partial charge in [-0.2, -0.15) is 0 Å². The minimum atomic E-state index is 0.140. The molecule has 4 heteroatoms. The minimum Gasteiger partial charge on any atom is -0.371 e. The van der Waals surface area contributed by atoms with Crippen molar-refractivity contribution in [3.63, 3.8) is 0 Å². The number of benzene rings is 1. The molecule has 1 unspecified atom stereocenters. The molecule has 0 radical (unpaired) electrons. The summed E-state index contributed by atoms with van der Waals surface area (Å²) < 4.78 is 5.83. The molecule has 4 nitrogen and oxygen atoms in total. The summed E-state index contributed by atoms with van der Waals surface area (Å²) in [5.41, 5.74) is 4.96. The lowest BCUT2D eigenvalue weighted by atomic mass is 9.94. The fourth-order valence-corrected chi connectivity index (χ4v) is 3.47. The molecule has 100 valence electrons. The predicted molar refractivity (Wildman–Crippen MR) is 72.4 cm³/mol. The quantitative estimate of drug-likeness (QED) is 0.822. The molecule has 0 saturated carbocycles. The van der Waals surface area contributed by atoms with Crippen molar-refractivity contribution >= 4 is 11.6 Å². The molecular formula is C15H18N2O2. The molecule has 0 bridgehead atoms. The number of ether oxygens (including phenoxy) is 1. The van der Waals surface area contributed by atoms with Crippen molar-refractivity contribution in [3.05, 3.63) is 28.8 Å². The smallest absolute Gasteiger partial charge is 0.231 e. The lowest BCUT2D eigenvalue weighted by Gasteiger charge is -2.28. The van der Waals surface area contributed by atoms with E-state index >= 15 is 0 Å². The summed E-state index contributed by atoms with van der Waals surface area (Å²) in [6.45, 7) is 3.46. The van der Waals surface area contributed by atoms with Crippen LogP contribution in [0.4, 0.5) is 5.69 Å². The number of hydrogen-bond donors (Lipinski definition) is 1. The second kappa shape index (κ2) is 4.32. The zero-order valence-corrected chi connectivity index (χ0v) is 10.9. The van der Waals surface area contributed by atoms with Crippen molar-refractivity contribution in [1.82, 2.24) is 5.32 Å². The number of aryl methyl sites for hydroxylation is 1. The van der Waals surface area contributed by atoms with Crippen molar-refractivity contribution in [2.45, 2.75) is 25.4 Å². The van der Waals surface area contributed by atoms with E-state index in [2.05, 4.69) is 17.4 Å². The highest BCUT2D eigenvalue weighted by Crippen LogP contribution is 2.39. The van der Waals surface area contributed by atoms with Crippen LogP contribution in [0.2, 0.25) is 0 Å². The molecular weight excluding hydrogens is 240 g/mol. The molecule has 0 aliphatic carbocycles. The van der Waals surface area contributed by atoms with Gasteiger partial charge in [0.2, 0.25) is 5.91 Å². The van der Waals surface area contributed by atoms with Crippen LogP contribution < -0.4 is 10.2 Å². The van der Waals surface area contributed by atoms with Crippen LogP contribution in [0.5, 0.6) is 0 Å². The molecule has 0 aromatic heterocycles. The number of hydrogen-bond acceptors (Lipinski definition) is 3. The van der Waals surface area contributed by atoms with Gasteiger partial charge in [0.1, 0.15) is 0 Å². The molecule has 1 saturated heterocycles. The second-order valence-electron chi connectivity index (χ2n) is 5.58. The van der Waals surface area contributed by atoms with E-state index in [1.165, 1.54) is 22.4 Å². The van der Waals surface area contributed by atoms with Crippen molar-refractivity contribution in [3.8, 4) is 0 Å². The Morgan fingerprint density at radius 1 is 1.32 bits per heavy atom. The van der Waals surface area contributed by atoms with Gasteiger partial charge in [-0.1, -0.05) is 12.1 Å². The van der Waals surface area contributed by atoms with E-state index in [1.54, 1.807) is 0 Å². The first kappa shape index (κ1) is 11.4. The van der Waals surface area contributed by atoms with Crippen LogP contribution in [0.1, 0.15) is 29.2 Å². The van der Waals surface area contributed by atoms with Gasteiger partial charge in [-0.3, -0.25) is 4.79 Å². The van der Waals surface area contributed by atoms with Gasteiger partial charge in [0.05, 0.1) is 24.8 Å². The fraction of sp³-hybridized carbons (Fsp3) is 0.533. The molecule has 4 rings (SSSR count). The summed E-state index contributed by atoms with van der Waals surface area (Å²) in [6, 6.07) is 4.43. The standard InChI is InChI=1S/C15H18N2O2/c18-14-8-12-7-11(13-9-16-3-5-19-13)6-10-2-1-4-17(14)15(10)12/h6-7,13,16H,1-5,8-9H2. The molecule has 19 heavy (non-hydrogen) atoms. The molecule has 3 aliphatic rings. The minimum absolute atomic E-state index is 0.140. The highest BCUT2D eigenvalue weighted by molar-refractivity contribution is 6.02. The maximum Gasteiger partial charge on any atom is 0.231 e. The van der Waals surface area contributed by atoms with Gasteiger partial charge in [0, 0.05) is 19.6 Å². The summed E-state index contributed by atoms with van der Waals surface area (Å²) in [6.07, 6.45) is 2.86. The fourth-order valence-electron chi connectivity index (χ4n) is 3.47. The Morgan fingerprint density at radius 3 is 3.05 bits per heavy atom. The number of nitrogens with one attached hydrogen (secondary N) is 1. The summed E-state index contributed by atoms with van der Waals surface area (Å²) in [5.74, 6) is 0.260. The molecule has 3 heterocycles. The Morgan fingerprint density at radius 2 is 2.21 bits per heavy atom. The number of morpholine rings is 1. The molecule has 1 N–H and O–H groups in total. The van der Waals surface area contributed by atoms with Crippen LogP contribution in [0.15, 0.2) is 12.1 Å². The summed E-state index contributed by atoms with van der Waals surface area (Å²) >= 11 is 0. The number of carbonyl (C=O) groups excluding carboxylic acids is 1. The number of carbonyl (C=O) groups is 1. The zero-order chi connectivity index (χ0) is 12.8. The topological polar surface area (TPSA) is 41.6 Å². The van der Waals surface area contributed by atoms with Crippen LogP contribution in [-0.4, -0.2) is 32.1 Å². The van der Waals surface area contributed by atoms with E-state index in [-0.39, 0.29) is 12.0 Å². The van der Waals surface area contributed by atoms with E-state index in [0.29, 0.717) is 6.42 Å². The first-order valence-corrected chi connectivity index (χ1v) is 7.11. The van der Waals surface area contributed by atoms with Crippen LogP contribution in [0.25, 0.3) is 0 Å². The first-order valence-electron chi connectivity index (χ1n) is 7.11. The number of rotatable bonds is 1. The van der Waals surface area contributed by atoms with Crippen LogP contribution in [0.3, 0.4) is 0 Å². The van der Waals surface area contributed by atoms with Crippen LogP contribution in [-0.2, 0) is 22.4 Å². The Labute approximate surface area is 112 Å². The van der Waals surface area contributed by atoms with Gasteiger partial charge in [-0.05, 0) is 29.5 Å². The average Bonchev–Trinajstić information content (AvgIpc) is 2.78. The van der Waals surface area contributed by atoms with Gasteiger partial charge >= 0.3 is 0 Å². The largest absolute Gasteiger partial charge is 0.371 e. The number of amides is 1. The van der Waals surface area contributed by atoms with E-state index in [1.807, 2.05) is 4.90 Å². The summed E-state index contributed by atoms with van der Waals surface area (Å²) in [5, 5.41) is 3.37. The predicted octanol–water partition coefficient (Wildman–Crippen LogP) is 1.18. The summed E-state index contributed by atoms with van der Waals surface area (Å²) in [4.78, 5) is 14.0. The van der Waals surface area contributed by atoms with Crippen molar-refractivity contribution in [2.24, 2.45) is 0 Å². The molecule has 3 aliphatic heterocycles. The normalized spacial score (nSPS) is 25.6. The third-order valence-electron chi connectivity index (χ3n) is 4.33. The number of nitrogens with zero attached hydrogens (tertiary/aromatic N) is 1. The molecule has 1 atom stereocenters. The Bertz CT molecular complexity index is 535. The van der Waals surface area contributed by atoms with E-state index in [9.17, 15) is 4.79 Å². The highest BCUT2D eigenvalue weighted by atomic mass is 16.5. The summed E-state index contributed by atoms with van der Waals surface area (Å²) in [7, 11) is 0. The Balaban J connectivity index is 1.76. The third-order valence-corrected chi connectivity index (χ3v) is 4.33. The third kappa shape index (κ3) is 1.78. The van der Waals surface area contributed by atoms with Gasteiger partial charge in [0.25, 0.3) is 0 Å². The molecule has 1 amide bonds. The van der Waals surface area contributed by atoms with Gasteiger partial charge in [0.15, 0.2) is 0 Å². The van der Waals surface area contributed by atoms with Gasteiger partial charge in [-0.25, -0.2) is 0 Å². The highest BCUT2D eigenvalue weighted by Gasteiger charge is 2.33. The molecule has 1 fully saturated rings. The van der Waals surface area contributed by atoms with Gasteiger partial charge in [-0.15, -0.1) is 0 Å². The SMILES string of the molecule is O=C1Cc2cc(C3CNCCO3)cc3c2N1CCC3. The van der Waals surface area contributed by atoms with Gasteiger partial charge < -0.3 is 15.0 Å². The maximum atomic E-state index is 12.0. The lowest BCUT2D eigenvalue weighted by molar-refractivity contribution is -0.117. The van der Waals surface area contributed by atoms with Crippen molar-refractivity contribution in [2.75, 3.05) is 31.1 Å². The average molecular weight is 258 g/mol.